The second kappa shape index (κ2) is 7.53. The lowest BCUT2D eigenvalue weighted by molar-refractivity contribution is 0.0473. The van der Waals surface area contributed by atoms with Crippen molar-refractivity contribution in [1.29, 1.82) is 0 Å². The molecule has 0 aliphatic heterocycles. The van der Waals surface area contributed by atoms with Crippen LogP contribution < -0.4 is 5.14 Å². The zero-order chi connectivity index (χ0) is 18.8. The van der Waals surface area contributed by atoms with Crippen LogP contribution in [0.25, 0.3) is 0 Å². The van der Waals surface area contributed by atoms with Gasteiger partial charge in [-0.05, 0) is 42.8 Å². The van der Waals surface area contributed by atoms with Crippen molar-refractivity contribution < 1.29 is 22.7 Å². The number of sulfonamides is 1. The zero-order valence-electron chi connectivity index (χ0n) is 13.0. The zero-order valence-corrected chi connectivity index (χ0v) is 15.3. The number of benzene rings is 2. The Morgan fingerprint density at radius 2 is 1.76 bits per heavy atom. The Morgan fingerprint density at radius 1 is 1.08 bits per heavy atom. The molecule has 0 heterocycles. The molecule has 0 aliphatic rings. The molecule has 2 N–H and O–H groups in total. The highest BCUT2D eigenvalue weighted by Gasteiger charge is 2.18. The monoisotopic (exact) mass is 401 g/mol. The fraction of sp³-hybridized carbons (Fsp3) is 0.125. The Morgan fingerprint density at radius 3 is 2.36 bits per heavy atom. The topological polar surface area (TPSA) is 104 Å². The molecule has 0 saturated carbocycles. The van der Waals surface area contributed by atoms with Crippen LogP contribution in [0.4, 0.5) is 0 Å². The minimum atomic E-state index is -3.96. The van der Waals surface area contributed by atoms with Gasteiger partial charge in [0, 0.05) is 10.6 Å². The summed E-state index contributed by atoms with van der Waals surface area (Å²) in [6, 6.07) is 8.12. The normalized spacial score (nSPS) is 11.2. The van der Waals surface area contributed by atoms with Gasteiger partial charge in [0.15, 0.2) is 6.61 Å². The van der Waals surface area contributed by atoms with E-state index >= 15 is 0 Å². The lowest BCUT2D eigenvalue weighted by atomic mass is 10.1. The highest BCUT2D eigenvalue weighted by Crippen LogP contribution is 2.22. The van der Waals surface area contributed by atoms with Gasteiger partial charge in [0.25, 0.3) is 0 Å². The first-order chi connectivity index (χ1) is 11.6. The Kier molecular flexibility index (Phi) is 5.84. The van der Waals surface area contributed by atoms with E-state index in [1.165, 1.54) is 30.3 Å². The Labute approximate surface area is 154 Å². The Balaban J connectivity index is 2.16. The summed E-state index contributed by atoms with van der Waals surface area (Å²) in [5, 5.41) is 5.55. The smallest absolute Gasteiger partial charge is 0.338 e. The molecule has 0 atom stereocenters. The van der Waals surface area contributed by atoms with Crippen LogP contribution in [-0.2, 0) is 14.8 Å². The number of carbonyl (C=O) groups excluding carboxylic acids is 2. The maximum absolute atomic E-state index is 12.2. The molecule has 2 aromatic carbocycles. The van der Waals surface area contributed by atoms with Crippen molar-refractivity contribution in [1.82, 2.24) is 0 Å². The molecular formula is C16H13Cl2NO5S. The van der Waals surface area contributed by atoms with Gasteiger partial charge in [-0.15, -0.1) is 0 Å². The van der Waals surface area contributed by atoms with Crippen molar-refractivity contribution in [3.8, 4) is 0 Å². The maximum Gasteiger partial charge on any atom is 0.338 e. The third kappa shape index (κ3) is 4.79. The van der Waals surface area contributed by atoms with Gasteiger partial charge in [-0.1, -0.05) is 29.3 Å². The first-order valence-electron chi connectivity index (χ1n) is 6.88. The number of rotatable bonds is 5. The molecule has 25 heavy (non-hydrogen) atoms. The molecule has 0 fully saturated rings. The summed E-state index contributed by atoms with van der Waals surface area (Å²) >= 11 is 11.7. The van der Waals surface area contributed by atoms with Gasteiger partial charge in [0.2, 0.25) is 15.8 Å². The molecule has 0 spiro atoms. The minimum Gasteiger partial charge on any atom is -0.454 e. The Bertz CT molecular complexity index is 957. The molecule has 132 valence electrons. The standard InChI is InChI=1S/C16H13Cl2NO5S/c1-9-2-4-11(25(19,22)23)7-13(9)16(21)24-8-15(20)12-5-3-10(17)6-14(12)18/h2-7H,8H2,1H3,(H2,19,22,23). The van der Waals surface area contributed by atoms with Gasteiger partial charge in [0.1, 0.15) is 0 Å². The molecule has 0 amide bonds. The van der Waals surface area contributed by atoms with Crippen LogP contribution in [0.5, 0.6) is 0 Å². The van der Waals surface area contributed by atoms with E-state index < -0.39 is 28.4 Å². The number of hydrogen-bond donors (Lipinski definition) is 1. The quantitative estimate of drug-likeness (QED) is 0.612. The summed E-state index contributed by atoms with van der Waals surface area (Å²) < 4.78 is 27.7. The van der Waals surface area contributed by atoms with Crippen LogP contribution in [0.15, 0.2) is 41.3 Å². The number of primary sulfonamides is 1. The van der Waals surface area contributed by atoms with Crippen molar-refractivity contribution in [3.63, 3.8) is 0 Å². The van der Waals surface area contributed by atoms with Gasteiger partial charge in [-0.2, -0.15) is 0 Å². The van der Waals surface area contributed by atoms with E-state index in [1.807, 2.05) is 0 Å². The number of nitrogens with two attached hydrogens (primary N) is 1. The third-order valence-electron chi connectivity index (χ3n) is 3.32. The summed E-state index contributed by atoms with van der Waals surface area (Å²) in [6.07, 6.45) is 0. The molecule has 9 heteroatoms. The third-order valence-corrected chi connectivity index (χ3v) is 4.78. The second-order valence-electron chi connectivity index (χ2n) is 5.15. The van der Waals surface area contributed by atoms with E-state index in [0.717, 1.165) is 6.07 Å². The highest BCUT2D eigenvalue weighted by molar-refractivity contribution is 7.89. The lowest BCUT2D eigenvalue weighted by Crippen LogP contribution is -2.17. The van der Waals surface area contributed by atoms with Gasteiger partial charge >= 0.3 is 5.97 Å². The molecule has 0 saturated heterocycles. The lowest BCUT2D eigenvalue weighted by Gasteiger charge is -2.09. The van der Waals surface area contributed by atoms with Crippen LogP contribution in [0.1, 0.15) is 26.3 Å². The fourth-order valence-corrected chi connectivity index (χ4v) is 3.05. The average Bonchev–Trinajstić information content (AvgIpc) is 2.51. The number of ether oxygens (including phenoxy) is 1. The van der Waals surface area contributed by atoms with E-state index in [0.29, 0.717) is 10.6 Å². The largest absolute Gasteiger partial charge is 0.454 e. The first-order valence-corrected chi connectivity index (χ1v) is 9.18. The summed E-state index contributed by atoms with van der Waals surface area (Å²) in [4.78, 5) is 24.0. The highest BCUT2D eigenvalue weighted by atomic mass is 35.5. The van der Waals surface area contributed by atoms with E-state index in [-0.39, 0.29) is 21.0 Å². The van der Waals surface area contributed by atoms with Gasteiger partial charge in [-0.25, -0.2) is 18.4 Å². The number of halogens is 2. The summed E-state index contributed by atoms with van der Waals surface area (Å²) in [5.41, 5.74) is 0.643. The molecule has 2 rings (SSSR count). The SMILES string of the molecule is Cc1ccc(S(N)(=O)=O)cc1C(=O)OCC(=O)c1ccc(Cl)cc1Cl. The van der Waals surface area contributed by atoms with Gasteiger partial charge < -0.3 is 4.74 Å². The average molecular weight is 402 g/mol. The number of esters is 1. The molecule has 0 unspecified atom stereocenters. The predicted molar refractivity (Wildman–Crippen MR) is 93.6 cm³/mol. The fourth-order valence-electron chi connectivity index (χ4n) is 2.00. The summed E-state index contributed by atoms with van der Waals surface area (Å²) in [6.45, 7) is 1.04. The predicted octanol–water partition coefficient (Wildman–Crippen LogP) is 2.99. The van der Waals surface area contributed by atoms with Crippen LogP contribution in [0.2, 0.25) is 10.0 Å². The molecule has 0 aromatic heterocycles. The first kappa shape index (κ1) is 19.4. The number of Topliss-reactive ketones (excluding diaryl/α,β-unsaturated/α-hetero) is 1. The minimum absolute atomic E-state index is 0.00141. The molecule has 0 aliphatic carbocycles. The van der Waals surface area contributed by atoms with Crippen LogP contribution in [-0.4, -0.2) is 26.8 Å². The van der Waals surface area contributed by atoms with Crippen molar-refractivity contribution in [3.05, 3.63) is 63.1 Å². The number of carbonyl (C=O) groups is 2. The van der Waals surface area contributed by atoms with Crippen molar-refractivity contribution >= 4 is 45.0 Å². The van der Waals surface area contributed by atoms with Crippen LogP contribution >= 0.6 is 23.2 Å². The molecule has 2 aromatic rings. The van der Waals surface area contributed by atoms with E-state index in [2.05, 4.69) is 0 Å². The molecule has 6 nitrogen and oxygen atoms in total. The molecule has 0 bridgehead atoms. The van der Waals surface area contributed by atoms with E-state index in [9.17, 15) is 18.0 Å². The Hall–Kier alpha value is -1.93. The van der Waals surface area contributed by atoms with Crippen LogP contribution in [0.3, 0.4) is 0 Å². The van der Waals surface area contributed by atoms with Crippen molar-refractivity contribution in [2.24, 2.45) is 5.14 Å². The second-order valence-corrected chi connectivity index (χ2v) is 7.55. The van der Waals surface area contributed by atoms with E-state index in [1.54, 1.807) is 6.92 Å². The molecule has 0 radical (unpaired) electrons. The number of ketones is 1. The molecular weight excluding hydrogens is 389 g/mol. The maximum atomic E-state index is 12.2. The van der Waals surface area contributed by atoms with E-state index in [4.69, 9.17) is 33.1 Å². The van der Waals surface area contributed by atoms with Gasteiger partial charge in [0.05, 0.1) is 15.5 Å². The van der Waals surface area contributed by atoms with Crippen LogP contribution in [0, 0.1) is 6.92 Å². The van der Waals surface area contributed by atoms with Gasteiger partial charge in [-0.3, -0.25) is 4.79 Å². The van der Waals surface area contributed by atoms with Crippen molar-refractivity contribution in [2.75, 3.05) is 6.61 Å². The summed E-state index contributed by atoms with van der Waals surface area (Å²) in [5.74, 6) is -1.36. The van der Waals surface area contributed by atoms with Crippen molar-refractivity contribution in [2.45, 2.75) is 11.8 Å². The number of aryl methyl sites for hydroxylation is 1. The summed E-state index contributed by atoms with van der Waals surface area (Å²) in [7, 11) is -3.96. The number of hydrogen-bond acceptors (Lipinski definition) is 5.